The minimum Gasteiger partial charge on any atom is -0.355 e. The lowest BCUT2D eigenvalue weighted by atomic mass is 9.99. The summed E-state index contributed by atoms with van der Waals surface area (Å²) in [6, 6.07) is 6.90. The summed E-state index contributed by atoms with van der Waals surface area (Å²) in [6.45, 7) is 5.63. The number of halogens is 1. The lowest BCUT2D eigenvalue weighted by Crippen LogP contribution is -2.33. The maximum atomic E-state index is 13.2. The highest BCUT2D eigenvalue weighted by Crippen LogP contribution is 2.23. The van der Waals surface area contributed by atoms with Gasteiger partial charge in [-0.15, -0.1) is 10.2 Å². The molecular weight excluding hydrogens is 343 g/mol. The minimum atomic E-state index is -3.84. The Morgan fingerprint density at radius 1 is 1.16 bits per heavy atom. The van der Waals surface area contributed by atoms with Gasteiger partial charge < -0.3 is 4.90 Å². The third-order valence-corrected chi connectivity index (χ3v) is 5.94. The maximum Gasteiger partial charge on any atom is 0.263 e. The minimum absolute atomic E-state index is 0.0183. The molecule has 1 fully saturated rings. The molecule has 2 heterocycles. The highest BCUT2D eigenvalue weighted by molar-refractivity contribution is 7.92. The second-order valence-electron chi connectivity index (χ2n) is 6.46. The van der Waals surface area contributed by atoms with Crippen LogP contribution in [-0.4, -0.2) is 31.7 Å². The highest BCUT2D eigenvalue weighted by Gasteiger charge is 2.20. The van der Waals surface area contributed by atoms with Gasteiger partial charge in [0.1, 0.15) is 5.82 Å². The van der Waals surface area contributed by atoms with Crippen LogP contribution in [0.5, 0.6) is 0 Å². The predicted molar refractivity (Wildman–Crippen MR) is 94.6 cm³/mol. The van der Waals surface area contributed by atoms with Crippen molar-refractivity contribution in [3.8, 4) is 0 Å². The van der Waals surface area contributed by atoms with E-state index in [0.29, 0.717) is 11.5 Å². The zero-order valence-electron chi connectivity index (χ0n) is 14.2. The molecule has 0 amide bonds. The van der Waals surface area contributed by atoms with Crippen LogP contribution in [0.4, 0.5) is 16.0 Å². The SMILES string of the molecule is Cc1cc(F)ccc1S(=O)(=O)Nc1ccc(N2CCC(C)CC2)nn1. The molecule has 8 heteroatoms. The number of aromatic nitrogens is 2. The van der Waals surface area contributed by atoms with Crippen molar-refractivity contribution in [3.63, 3.8) is 0 Å². The molecular formula is C17H21FN4O2S. The summed E-state index contributed by atoms with van der Waals surface area (Å²) in [7, 11) is -3.84. The fourth-order valence-corrected chi connectivity index (χ4v) is 4.12. The molecule has 3 rings (SSSR count). The third-order valence-electron chi connectivity index (χ3n) is 4.42. The van der Waals surface area contributed by atoms with Crippen molar-refractivity contribution in [2.24, 2.45) is 5.92 Å². The van der Waals surface area contributed by atoms with Crippen LogP contribution in [0, 0.1) is 18.7 Å². The van der Waals surface area contributed by atoms with E-state index in [4.69, 9.17) is 0 Å². The molecule has 1 N–H and O–H groups in total. The molecule has 0 aliphatic carbocycles. The molecule has 1 saturated heterocycles. The van der Waals surface area contributed by atoms with Gasteiger partial charge in [-0.3, -0.25) is 4.72 Å². The summed E-state index contributed by atoms with van der Waals surface area (Å²) < 4.78 is 40.4. The average molecular weight is 364 g/mol. The van der Waals surface area contributed by atoms with Crippen molar-refractivity contribution >= 4 is 21.7 Å². The Hall–Kier alpha value is -2.22. The van der Waals surface area contributed by atoms with Crippen LogP contribution in [0.25, 0.3) is 0 Å². The molecule has 1 aromatic carbocycles. The number of nitrogens with one attached hydrogen (secondary N) is 1. The van der Waals surface area contributed by atoms with Crippen molar-refractivity contribution in [2.45, 2.75) is 31.6 Å². The number of rotatable bonds is 4. The van der Waals surface area contributed by atoms with E-state index in [9.17, 15) is 12.8 Å². The van der Waals surface area contributed by atoms with Crippen molar-refractivity contribution < 1.29 is 12.8 Å². The molecule has 25 heavy (non-hydrogen) atoms. The number of anilines is 2. The van der Waals surface area contributed by atoms with E-state index >= 15 is 0 Å². The quantitative estimate of drug-likeness (QED) is 0.903. The third kappa shape index (κ3) is 4.07. The fraction of sp³-hybridized carbons (Fsp3) is 0.412. The van der Waals surface area contributed by atoms with E-state index in [-0.39, 0.29) is 10.7 Å². The van der Waals surface area contributed by atoms with E-state index in [1.165, 1.54) is 12.1 Å². The lowest BCUT2D eigenvalue weighted by Gasteiger charge is -2.30. The van der Waals surface area contributed by atoms with Crippen LogP contribution in [0.15, 0.2) is 35.2 Å². The summed E-state index contributed by atoms with van der Waals surface area (Å²) in [6.07, 6.45) is 2.22. The van der Waals surface area contributed by atoms with Gasteiger partial charge in [0.2, 0.25) is 0 Å². The predicted octanol–water partition coefficient (Wildman–Crippen LogP) is 2.96. The molecule has 0 radical (unpaired) electrons. The number of nitrogens with zero attached hydrogens (tertiary/aromatic N) is 3. The van der Waals surface area contributed by atoms with Gasteiger partial charge in [-0.2, -0.15) is 0 Å². The number of aryl methyl sites for hydroxylation is 1. The Morgan fingerprint density at radius 2 is 1.88 bits per heavy atom. The Kier molecular flexibility index (Phi) is 4.89. The normalized spacial score (nSPS) is 16.0. The smallest absolute Gasteiger partial charge is 0.263 e. The number of benzene rings is 1. The van der Waals surface area contributed by atoms with E-state index < -0.39 is 15.8 Å². The molecule has 0 bridgehead atoms. The molecule has 1 aliphatic rings. The summed E-state index contributed by atoms with van der Waals surface area (Å²) >= 11 is 0. The second kappa shape index (κ2) is 6.95. The van der Waals surface area contributed by atoms with Crippen molar-refractivity contribution in [2.75, 3.05) is 22.7 Å². The number of piperidine rings is 1. The largest absolute Gasteiger partial charge is 0.355 e. The number of hydrogen-bond acceptors (Lipinski definition) is 5. The summed E-state index contributed by atoms with van der Waals surface area (Å²) in [5.41, 5.74) is 0.333. The monoisotopic (exact) mass is 364 g/mol. The number of sulfonamides is 1. The van der Waals surface area contributed by atoms with Gasteiger partial charge in [0, 0.05) is 13.1 Å². The van der Waals surface area contributed by atoms with E-state index in [1.807, 2.05) is 0 Å². The van der Waals surface area contributed by atoms with E-state index in [1.54, 1.807) is 19.1 Å². The standard InChI is InChI=1S/C17H21FN4O2S/c1-12-7-9-22(10-8-12)17-6-5-16(19-20-17)21-25(23,24)15-4-3-14(18)11-13(15)2/h3-6,11-12H,7-10H2,1-2H3,(H,19,21). The van der Waals surface area contributed by atoms with Gasteiger partial charge in [0.25, 0.3) is 10.0 Å². The van der Waals surface area contributed by atoms with Crippen molar-refractivity contribution in [3.05, 3.63) is 41.7 Å². The van der Waals surface area contributed by atoms with Crippen molar-refractivity contribution in [1.29, 1.82) is 0 Å². The highest BCUT2D eigenvalue weighted by atomic mass is 32.2. The fourth-order valence-electron chi connectivity index (χ4n) is 2.89. The molecule has 134 valence electrons. The molecule has 2 aromatic rings. The van der Waals surface area contributed by atoms with Crippen LogP contribution >= 0.6 is 0 Å². The van der Waals surface area contributed by atoms with Gasteiger partial charge in [-0.05, 0) is 61.6 Å². The Bertz CT molecular complexity index is 847. The van der Waals surface area contributed by atoms with Crippen LogP contribution in [0.1, 0.15) is 25.3 Å². The lowest BCUT2D eigenvalue weighted by molar-refractivity contribution is 0.436. The molecule has 6 nitrogen and oxygen atoms in total. The molecule has 0 saturated carbocycles. The Morgan fingerprint density at radius 3 is 2.48 bits per heavy atom. The molecule has 0 spiro atoms. The Balaban J connectivity index is 1.74. The average Bonchev–Trinajstić information content (AvgIpc) is 2.55. The molecule has 1 aliphatic heterocycles. The van der Waals surface area contributed by atoms with Crippen LogP contribution < -0.4 is 9.62 Å². The van der Waals surface area contributed by atoms with E-state index in [0.717, 1.165) is 37.8 Å². The first-order chi connectivity index (χ1) is 11.8. The van der Waals surface area contributed by atoms with Gasteiger partial charge in [0.05, 0.1) is 4.90 Å². The van der Waals surface area contributed by atoms with Crippen LogP contribution in [0.3, 0.4) is 0 Å². The topological polar surface area (TPSA) is 75.2 Å². The van der Waals surface area contributed by atoms with Crippen LogP contribution in [0.2, 0.25) is 0 Å². The van der Waals surface area contributed by atoms with E-state index in [2.05, 4.69) is 26.7 Å². The first kappa shape index (κ1) is 17.6. The molecule has 0 atom stereocenters. The zero-order valence-corrected chi connectivity index (χ0v) is 15.1. The summed E-state index contributed by atoms with van der Waals surface area (Å²) in [5, 5.41) is 8.11. The zero-order chi connectivity index (χ0) is 18.0. The number of hydrogen-bond donors (Lipinski definition) is 1. The van der Waals surface area contributed by atoms with Crippen molar-refractivity contribution in [1.82, 2.24) is 10.2 Å². The summed E-state index contributed by atoms with van der Waals surface area (Å²) in [4.78, 5) is 2.17. The first-order valence-electron chi connectivity index (χ1n) is 8.23. The van der Waals surface area contributed by atoms with Gasteiger partial charge >= 0.3 is 0 Å². The maximum absolute atomic E-state index is 13.2. The molecule has 0 unspecified atom stereocenters. The second-order valence-corrected chi connectivity index (χ2v) is 8.11. The molecule has 1 aromatic heterocycles. The summed E-state index contributed by atoms with van der Waals surface area (Å²) in [5.74, 6) is 1.12. The Labute approximate surface area is 147 Å². The first-order valence-corrected chi connectivity index (χ1v) is 9.71. The van der Waals surface area contributed by atoms with Gasteiger partial charge in [-0.25, -0.2) is 12.8 Å². The van der Waals surface area contributed by atoms with Crippen LogP contribution in [-0.2, 0) is 10.0 Å². The van der Waals surface area contributed by atoms with Gasteiger partial charge in [0.15, 0.2) is 11.6 Å². The van der Waals surface area contributed by atoms with Gasteiger partial charge in [-0.1, -0.05) is 6.92 Å².